The van der Waals surface area contributed by atoms with Crippen LogP contribution in [0, 0.1) is 0 Å². The molecule has 1 amide bonds. The normalized spacial score (nSPS) is 15.0. The van der Waals surface area contributed by atoms with Crippen LogP contribution in [0.15, 0.2) is 45.9 Å². The third-order valence-corrected chi connectivity index (χ3v) is 5.67. The number of benzene rings is 1. The molecule has 1 N–H and O–H groups in total. The number of nitrogens with one attached hydrogen (secondary N) is 1. The minimum absolute atomic E-state index is 0.100. The fraction of sp³-hybridized carbons (Fsp3) is 0.312. The summed E-state index contributed by atoms with van der Waals surface area (Å²) in [6.07, 6.45) is -2.94. The Labute approximate surface area is 147 Å². The molecular formula is C16H15F3N2O4S. The Balaban J connectivity index is 1.95. The second-order valence-electron chi connectivity index (χ2n) is 5.83. The van der Waals surface area contributed by atoms with Crippen LogP contribution < -0.4 is 5.32 Å². The van der Waals surface area contributed by atoms with Gasteiger partial charge in [-0.3, -0.25) is 4.79 Å². The van der Waals surface area contributed by atoms with E-state index >= 15 is 0 Å². The van der Waals surface area contributed by atoms with Crippen molar-refractivity contribution >= 4 is 21.6 Å². The first-order valence-corrected chi connectivity index (χ1v) is 9.11. The number of carbonyl (C=O) groups excluding carboxylic acids is 1. The molecule has 26 heavy (non-hydrogen) atoms. The summed E-state index contributed by atoms with van der Waals surface area (Å²) < 4.78 is 69.6. The first-order valence-electron chi connectivity index (χ1n) is 7.67. The third-order valence-electron chi connectivity index (χ3n) is 3.88. The molecule has 6 nitrogen and oxygen atoms in total. The smallest absolute Gasteiger partial charge is 0.402 e. The second kappa shape index (κ2) is 6.76. The van der Waals surface area contributed by atoms with Crippen LogP contribution in [-0.2, 0) is 27.8 Å². The fourth-order valence-corrected chi connectivity index (χ4v) is 4.11. The minimum Gasteiger partial charge on any atom is -0.468 e. The largest absolute Gasteiger partial charge is 0.468 e. The van der Waals surface area contributed by atoms with Crippen LogP contribution in [0.1, 0.15) is 17.7 Å². The quantitative estimate of drug-likeness (QED) is 0.854. The summed E-state index contributed by atoms with van der Waals surface area (Å²) in [5, 5.41) is 2.60. The molecule has 3 rings (SSSR count). The molecule has 10 heteroatoms. The molecule has 0 atom stereocenters. The highest BCUT2D eigenvalue weighted by Gasteiger charge is 2.37. The van der Waals surface area contributed by atoms with Gasteiger partial charge in [0.25, 0.3) is 0 Å². The maximum Gasteiger partial charge on any atom is 0.402 e. The van der Waals surface area contributed by atoms with Gasteiger partial charge in [-0.2, -0.15) is 17.5 Å². The number of hydrogen-bond acceptors (Lipinski definition) is 4. The second-order valence-corrected chi connectivity index (χ2v) is 7.77. The summed E-state index contributed by atoms with van der Waals surface area (Å²) >= 11 is 0. The van der Waals surface area contributed by atoms with Crippen LogP contribution in [0.2, 0.25) is 0 Å². The minimum atomic E-state index is -4.71. The van der Waals surface area contributed by atoms with Crippen LogP contribution in [0.25, 0.3) is 0 Å². The van der Waals surface area contributed by atoms with E-state index in [-0.39, 0.29) is 23.0 Å². The van der Waals surface area contributed by atoms with E-state index in [2.05, 4.69) is 5.32 Å². The van der Waals surface area contributed by atoms with Gasteiger partial charge in [0.1, 0.15) is 12.3 Å². The molecule has 1 aromatic heterocycles. The first-order chi connectivity index (χ1) is 12.1. The predicted octanol–water partition coefficient (Wildman–Crippen LogP) is 2.92. The highest BCUT2D eigenvalue weighted by Crippen LogP contribution is 2.29. The lowest BCUT2D eigenvalue weighted by Gasteiger charge is -2.24. The Bertz CT molecular complexity index is 908. The number of amides is 1. The maximum atomic E-state index is 12.9. The lowest BCUT2D eigenvalue weighted by Crippen LogP contribution is -2.38. The van der Waals surface area contributed by atoms with Crippen molar-refractivity contribution in [3.05, 3.63) is 47.9 Å². The standard InChI is InChI=1S/C16H15F3N2O4S/c17-16(18,19)10-21(9-12-2-1-7-25-12)26(23,24)13-4-5-14-11(8-13)3-6-15(22)20-14/h1-2,4-5,7-8H,3,6,9-10H2,(H,20,22). The van der Waals surface area contributed by atoms with Crippen LogP contribution >= 0.6 is 0 Å². The third kappa shape index (κ3) is 4.07. The van der Waals surface area contributed by atoms with Gasteiger partial charge in [-0.15, -0.1) is 0 Å². The van der Waals surface area contributed by atoms with Crippen molar-refractivity contribution in [2.24, 2.45) is 0 Å². The summed E-state index contributed by atoms with van der Waals surface area (Å²) in [6, 6.07) is 6.75. The highest BCUT2D eigenvalue weighted by atomic mass is 32.2. The molecule has 0 fully saturated rings. The summed E-state index contributed by atoms with van der Waals surface area (Å²) in [5.41, 5.74) is 1.03. The van der Waals surface area contributed by atoms with E-state index in [9.17, 15) is 26.4 Å². The molecule has 2 aromatic rings. The van der Waals surface area contributed by atoms with Crippen LogP contribution in [0.5, 0.6) is 0 Å². The molecule has 1 aliphatic rings. The number of alkyl halides is 3. The summed E-state index contributed by atoms with van der Waals surface area (Å²) in [5.74, 6) is -0.0901. The molecule has 0 radical (unpaired) electrons. The van der Waals surface area contributed by atoms with Gasteiger partial charge in [-0.05, 0) is 42.3 Å². The monoisotopic (exact) mass is 388 g/mol. The lowest BCUT2D eigenvalue weighted by molar-refractivity contribution is -0.137. The van der Waals surface area contributed by atoms with Crippen molar-refractivity contribution < 1.29 is 30.8 Å². The van der Waals surface area contributed by atoms with Crippen LogP contribution in [0.3, 0.4) is 0 Å². The summed E-state index contributed by atoms with van der Waals surface area (Å²) in [4.78, 5) is 11.1. The first kappa shape index (κ1) is 18.5. The van der Waals surface area contributed by atoms with Gasteiger partial charge < -0.3 is 9.73 Å². The number of hydrogen-bond donors (Lipinski definition) is 1. The Morgan fingerprint density at radius 3 is 2.62 bits per heavy atom. The van der Waals surface area contributed by atoms with Crippen molar-refractivity contribution in [1.82, 2.24) is 4.31 Å². The molecular weight excluding hydrogens is 373 g/mol. The van der Waals surface area contributed by atoms with Crippen LogP contribution in [-0.4, -0.2) is 31.4 Å². The number of rotatable bonds is 5. The van der Waals surface area contributed by atoms with Gasteiger partial charge in [0.05, 0.1) is 17.7 Å². The van der Waals surface area contributed by atoms with Gasteiger partial charge in [0.15, 0.2) is 0 Å². The molecule has 0 spiro atoms. The van der Waals surface area contributed by atoms with E-state index in [0.29, 0.717) is 22.0 Å². The summed E-state index contributed by atoms with van der Waals surface area (Å²) in [6.45, 7) is -2.17. The topological polar surface area (TPSA) is 79.6 Å². The summed E-state index contributed by atoms with van der Waals surface area (Å²) in [7, 11) is -4.42. The number of anilines is 1. The van der Waals surface area contributed by atoms with E-state index in [1.54, 1.807) is 0 Å². The van der Waals surface area contributed by atoms with Crippen molar-refractivity contribution in [2.45, 2.75) is 30.5 Å². The van der Waals surface area contributed by atoms with Gasteiger partial charge >= 0.3 is 6.18 Å². The molecule has 0 saturated heterocycles. The van der Waals surface area contributed by atoms with Crippen molar-refractivity contribution in [3.63, 3.8) is 0 Å². The SMILES string of the molecule is O=C1CCc2cc(S(=O)(=O)N(Cc3ccco3)CC(F)(F)F)ccc2N1. The Kier molecular flexibility index (Phi) is 4.80. The molecule has 140 valence electrons. The van der Waals surface area contributed by atoms with Gasteiger partial charge in [0, 0.05) is 12.1 Å². The van der Waals surface area contributed by atoms with Gasteiger partial charge in [0.2, 0.25) is 15.9 Å². The maximum absolute atomic E-state index is 12.9. The molecule has 0 unspecified atom stereocenters. The Hall–Kier alpha value is -2.33. The van der Waals surface area contributed by atoms with Crippen LogP contribution in [0.4, 0.5) is 18.9 Å². The fourth-order valence-electron chi connectivity index (χ4n) is 2.67. The van der Waals surface area contributed by atoms with Gasteiger partial charge in [-0.1, -0.05) is 0 Å². The molecule has 2 heterocycles. The average Bonchev–Trinajstić information content (AvgIpc) is 3.05. The number of aryl methyl sites for hydroxylation is 1. The number of carbonyl (C=O) groups is 1. The highest BCUT2D eigenvalue weighted by molar-refractivity contribution is 7.89. The number of sulfonamides is 1. The average molecular weight is 388 g/mol. The lowest BCUT2D eigenvalue weighted by atomic mass is 10.0. The van der Waals surface area contributed by atoms with Crippen molar-refractivity contribution in [2.75, 3.05) is 11.9 Å². The molecule has 0 aliphatic carbocycles. The Morgan fingerprint density at radius 1 is 1.19 bits per heavy atom. The number of halogens is 3. The van der Waals surface area contributed by atoms with Crippen molar-refractivity contribution in [1.29, 1.82) is 0 Å². The zero-order chi connectivity index (χ0) is 18.9. The molecule has 0 bridgehead atoms. The zero-order valence-corrected chi connectivity index (χ0v) is 14.2. The molecule has 1 aliphatic heterocycles. The van der Waals surface area contributed by atoms with Gasteiger partial charge in [-0.25, -0.2) is 8.42 Å². The number of fused-ring (bicyclic) bond motifs is 1. The zero-order valence-electron chi connectivity index (χ0n) is 13.4. The van der Waals surface area contributed by atoms with E-state index in [1.807, 2.05) is 0 Å². The molecule has 1 aromatic carbocycles. The Morgan fingerprint density at radius 2 is 1.96 bits per heavy atom. The molecule has 0 saturated carbocycles. The van der Waals surface area contributed by atoms with Crippen molar-refractivity contribution in [3.8, 4) is 0 Å². The number of furan rings is 1. The van der Waals surface area contributed by atoms with E-state index in [0.717, 1.165) is 0 Å². The predicted molar refractivity (Wildman–Crippen MR) is 85.8 cm³/mol. The van der Waals surface area contributed by atoms with E-state index in [1.165, 1.54) is 36.6 Å². The number of nitrogens with zero attached hydrogens (tertiary/aromatic N) is 1. The van der Waals surface area contributed by atoms with E-state index in [4.69, 9.17) is 4.42 Å². The van der Waals surface area contributed by atoms with E-state index < -0.39 is 29.3 Å².